The van der Waals surface area contributed by atoms with Gasteiger partial charge in [-0.15, -0.1) is 0 Å². The van der Waals surface area contributed by atoms with E-state index in [1.807, 2.05) is 6.92 Å². The highest BCUT2D eigenvalue weighted by Crippen LogP contribution is 2.26. The summed E-state index contributed by atoms with van der Waals surface area (Å²) in [5, 5.41) is 11.4. The molecule has 2 N–H and O–H groups in total. The molecule has 19 heavy (non-hydrogen) atoms. The molecule has 0 unspecified atom stereocenters. The summed E-state index contributed by atoms with van der Waals surface area (Å²) in [6, 6.07) is -0.345. The average molecular weight is 267 g/mol. The van der Waals surface area contributed by atoms with Gasteiger partial charge in [-0.25, -0.2) is 9.78 Å². The molecule has 1 heterocycles. The molecule has 0 atom stereocenters. The quantitative estimate of drug-likeness (QED) is 0.831. The average Bonchev–Trinajstić information content (AvgIpc) is 3.11. The van der Waals surface area contributed by atoms with Crippen LogP contribution in [0.4, 0.5) is 4.79 Å². The number of aliphatic carboxylic acids is 1. The van der Waals surface area contributed by atoms with E-state index in [0.29, 0.717) is 11.7 Å². The Morgan fingerprint density at radius 3 is 2.63 bits per heavy atom. The molecule has 1 aliphatic carbocycles. The van der Waals surface area contributed by atoms with E-state index in [-0.39, 0.29) is 19.1 Å². The lowest BCUT2D eigenvalue weighted by Crippen LogP contribution is -2.43. The van der Waals surface area contributed by atoms with Crippen LogP contribution in [0, 0.1) is 13.8 Å². The van der Waals surface area contributed by atoms with Crippen LogP contribution in [0.1, 0.15) is 30.2 Å². The summed E-state index contributed by atoms with van der Waals surface area (Å²) < 4.78 is 5.34. The Kier molecular flexibility index (Phi) is 3.73. The zero-order valence-electron chi connectivity index (χ0n) is 11.0. The van der Waals surface area contributed by atoms with Crippen molar-refractivity contribution in [3.05, 3.63) is 17.3 Å². The number of rotatable bonds is 5. The van der Waals surface area contributed by atoms with Gasteiger partial charge in [0, 0.05) is 6.04 Å². The third kappa shape index (κ3) is 3.46. The number of carboxylic acid groups (broad SMARTS) is 1. The highest BCUT2D eigenvalue weighted by molar-refractivity contribution is 5.80. The van der Waals surface area contributed by atoms with Crippen LogP contribution in [0.25, 0.3) is 0 Å². The first-order valence-electron chi connectivity index (χ1n) is 6.16. The van der Waals surface area contributed by atoms with E-state index in [1.165, 1.54) is 4.90 Å². The van der Waals surface area contributed by atoms with Crippen LogP contribution in [-0.4, -0.2) is 39.6 Å². The molecule has 2 rings (SSSR count). The van der Waals surface area contributed by atoms with Crippen molar-refractivity contribution in [1.29, 1.82) is 0 Å². The van der Waals surface area contributed by atoms with E-state index < -0.39 is 12.0 Å². The number of hydrogen-bond acceptors (Lipinski definition) is 4. The molecule has 0 radical (unpaired) electrons. The number of amides is 2. The predicted octanol–water partition coefficient (Wildman–Crippen LogP) is 1.05. The van der Waals surface area contributed by atoms with Crippen molar-refractivity contribution in [2.45, 2.75) is 39.3 Å². The van der Waals surface area contributed by atoms with Gasteiger partial charge in [-0.05, 0) is 26.7 Å². The van der Waals surface area contributed by atoms with Crippen LogP contribution in [0.15, 0.2) is 4.42 Å². The number of carbonyl (C=O) groups excluding carboxylic acids is 1. The van der Waals surface area contributed by atoms with Crippen molar-refractivity contribution in [2.75, 3.05) is 6.54 Å². The number of aryl methyl sites for hydroxylation is 2. The minimum atomic E-state index is -1.01. The van der Waals surface area contributed by atoms with Crippen LogP contribution in [0.2, 0.25) is 0 Å². The molecule has 1 fully saturated rings. The first-order chi connectivity index (χ1) is 8.97. The van der Waals surface area contributed by atoms with E-state index in [0.717, 1.165) is 18.5 Å². The number of oxazole rings is 1. The minimum absolute atomic E-state index is 0.0455. The second-order valence-corrected chi connectivity index (χ2v) is 4.66. The molecule has 104 valence electrons. The van der Waals surface area contributed by atoms with Gasteiger partial charge in [-0.2, -0.15) is 0 Å². The van der Waals surface area contributed by atoms with E-state index in [9.17, 15) is 9.59 Å². The lowest BCUT2D eigenvalue weighted by molar-refractivity contribution is -0.137. The van der Waals surface area contributed by atoms with Gasteiger partial charge in [0.05, 0.1) is 12.2 Å². The number of urea groups is 1. The molecule has 0 aliphatic heterocycles. The van der Waals surface area contributed by atoms with E-state index >= 15 is 0 Å². The number of hydrogen-bond donors (Lipinski definition) is 2. The van der Waals surface area contributed by atoms with Crippen LogP contribution >= 0.6 is 0 Å². The van der Waals surface area contributed by atoms with Gasteiger partial charge < -0.3 is 19.7 Å². The summed E-state index contributed by atoms with van der Waals surface area (Å²) in [5.41, 5.74) is 0.786. The van der Waals surface area contributed by atoms with Crippen molar-refractivity contribution in [3.63, 3.8) is 0 Å². The van der Waals surface area contributed by atoms with Crippen LogP contribution in [0.5, 0.6) is 0 Å². The van der Waals surface area contributed by atoms with Gasteiger partial charge in [0.1, 0.15) is 12.3 Å². The lowest BCUT2D eigenvalue weighted by atomic mass is 10.4. The Hall–Kier alpha value is -2.05. The Morgan fingerprint density at radius 2 is 2.16 bits per heavy atom. The first-order valence-corrected chi connectivity index (χ1v) is 6.16. The summed E-state index contributed by atoms with van der Waals surface area (Å²) in [6.07, 6.45) is 1.72. The standard InChI is InChI=1S/C12H17N3O4/c1-7-8(2)19-10(14-7)5-13-12(18)15(6-11(16)17)9-3-4-9/h9H,3-6H2,1-2H3,(H,13,18)(H,16,17). The topological polar surface area (TPSA) is 95.7 Å². The third-order valence-corrected chi connectivity index (χ3v) is 3.02. The molecular weight excluding hydrogens is 250 g/mol. The first kappa shape index (κ1) is 13.4. The molecule has 1 saturated carbocycles. The summed E-state index contributed by atoms with van der Waals surface area (Å²) in [5.74, 6) is 0.133. The number of nitrogens with zero attached hydrogens (tertiary/aromatic N) is 2. The molecule has 1 aromatic rings. The second kappa shape index (κ2) is 5.29. The molecule has 7 heteroatoms. The molecule has 0 saturated heterocycles. The number of carboxylic acids is 1. The Labute approximate surface area is 110 Å². The molecular formula is C12H17N3O4. The fraction of sp³-hybridized carbons (Fsp3) is 0.583. The zero-order valence-corrected chi connectivity index (χ0v) is 11.0. The monoisotopic (exact) mass is 267 g/mol. The Bertz CT molecular complexity index is 474. The van der Waals surface area contributed by atoms with Gasteiger partial charge >= 0.3 is 12.0 Å². The molecule has 1 aliphatic rings. The van der Waals surface area contributed by atoms with Gasteiger partial charge in [-0.1, -0.05) is 0 Å². The lowest BCUT2D eigenvalue weighted by Gasteiger charge is -2.20. The summed E-state index contributed by atoms with van der Waals surface area (Å²) >= 11 is 0. The molecule has 0 bridgehead atoms. The summed E-state index contributed by atoms with van der Waals surface area (Å²) in [6.45, 7) is 3.51. The maximum absolute atomic E-state index is 11.9. The van der Waals surface area contributed by atoms with Crippen molar-refractivity contribution in [1.82, 2.24) is 15.2 Å². The van der Waals surface area contributed by atoms with E-state index in [2.05, 4.69) is 10.3 Å². The Morgan fingerprint density at radius 1 is 1.47 bits per heavy atom. The van der Waals surface area contributed by atoms with Gasteiger partial charge in [0.25, 0.3) is 0 Å². The molecule has 1 aromatic heterocycles. The van der Waals surface area contributed by atoms with Crippen LogP contribution < -0.4 is 5.32 Å². The molecule has 2 amide bonds. The Balaban J connectivity index is 1.90. The number of nitrogens with one attached hydrogen (secondary N) is 1. The number of aromatic nitrogens is 1. The normalized spacial score (nSPS) is 14.2. The predicted molar refractivity (Wildman–Crippen MR) is 65.6 cm³/mol. The van der Waals surface area contributed by atoms with Crippen molar-refractivity contribution < 1.29 is 19.1 Å². The SMILES string of the molecule is Cc1nc(CNC(=O)N(CC(=O)O)C2CC2)oc1C. The smallest absolute Gasteiger partial charge is 0.323 e. The van der Waals surface area contributed by atoms with Crippen molar-refractivity contribution in [3.8, 4) is 0 Å². The summed E-state index contributed by atoms with van der Waals surface area (Å²) in [4.78, 5) is 28.1. The largest absolute Gasteiger partial charge is 0.480 e. The second-order valence-electron chi connectivity index (χ2n) is 4.66. The minimum Gasteiger partial charge on any atom is -0.480 e. The fourth-order valence-electron chi connectivity index (χ4n) is 1.77. The van der Waals surface area contributed by atoms with E-state index in [1.54, 1.807) is 6.92 Å². The van der Waals surface area contributed by atoms with Crippen molar-refractivity contribution in [2.24, 2.45) is 0 Å². The van der Waals surface area contributed by atoms with Gasteiger partial charge in [0.2, 0.25) is 5.89 Å². The van der Waals surface area contributed by atoms with Crippen LogP contribution in [-0.2, 0) is 11.3 Å². The van der Waals surface area contributed by atoms with Gasteiger partial charge in [-0.3, -0.25) is 4.79 Å². The van der Waals surface area contributed by atoms with E-state index in [4.69, 9.17) is 9.52 Å². The maximum Gasteiger partial charge on any atom is 0.323 e. The molecule has 7 nitrogen and oxygen atoms in total. The highest BCUT2D eigenvalue weighted by Gasteiger charge is 2.33. The molecule has 0 spiro atoms. The zero-order chi connectivity index (χ0) is 14.0. The third-order valence-electron chi connectivity index (χ3n) is 3.02. The van der Waals surface area contributed by atoms with Gasteiger partial charge in [0.15, 0.2) is 0 Å². The number of carbonyl (C=O) groups is 2. The molecule has 0 aromatic carbocycles. The van der Waals surface area contributed by atoms with Crippen LogP contribution in [0.3, 0.4) is 0 Å². The van der Waals surface area contributed by atoms with Crippen molar-refractivity contribution >= 4 is 12.0 Å². The summed E-state index contributed by atoms with van der Waals surface area (Å²) in [7, 11) is 0. The fourth-order valence-corrected chi connectivity index (χ4v) is 1.77. The maximum atomic E-state index is 11.9. The highest BCUT2D eigenvalue weighted by atomic mass is 16.4.